The molecular formula is C30H43F4N3O2. The number of hydrogen-bond donors (Lipinski definition) is 2. The van der Waals surface area contributed by atoms with Crippen molar-refractivity contribution in [3.05, 3.63) is 72.6 Å². The first kappa shape index (κ1) is 35.6. The van der Waals surface area contributed by atoms with Crippen LogP contribution in [0.5, 0.6) is 5.75 Å². The van der Waals surface area contributed by atoms with Gasteiger partial charge in [-0.2, -0.15) is 0 Å². The van der Waals surface area contributed by atoms with E-state index < -0.39 is 12.5 Å². The number of rotatable bonds is 12. The van der Waals surface area contributed by atoms with Gasteiger partial charge < -0.3 is 20.4 Å². The fourth-order valence-electron chi connectivity index (χ4n) is 3.12. The maximum atomic E-state index is 13.3. The number of unbranched alkanes of at least 4 members (excludes halogenated alkanes) is 1. The number of benzene rings is 1. The van der Waals surface area contributed by atoms with Gasteiger partial charge in [0, 0.05) is 34.8 Å². The summed E-state index contributed by atoms with van der Waals surface area (Å²) in [7, 11) is 0. The number of ketones is 1. The zero-order valence-corrected chi connectivity index (χ0v) is 23.8. The zero-order chi connectivity index (χ0) is 30.0. The summed E-state index contributed by atoms with van der Waals surface area (Å²) in [5.74, 6) is -0.188. The highest BCUT2D eigenvalue weighted by Crippen LogP contribution is 2.29. The van der Waals surface area contributed by atoms with E-state index >= 15 is 0 Å². The van der Waals surface area contributed by atoms with Crippen molar-refractivity contribution in [1.82, 2.24) is 4.90 Å². The molecule has 0 spiro atoms. The maximum Gasteiger partial charge on any atom is 0.573 e. The van der Waals surface area contributed by atoms with Gasteiger partial charge in [0.2, 0.25) is 0 Å². The number of hydrogen-bond acceptors (Lipinski definition) is 5. The lowest BCUT2D eigenvalue weighted by Gasteiger charge is -2.38. The zero-order valence-electron chi connectivity index (χ0n) is 23.8. The van der Waals surface area contributed by atoms with Gasteiger partial charge in [-0.3, -0.25) is 4.79 Å². The Labute approximate surface area is 230 Å². The molecular weight excluding hydrogens is 510 g/mol. The molecule has 2 rings (SSSR count). The molecule has 5 nitrogen and oxygen atoms in total. The Morgan fingerprint density at radius 1 is 1.13 bits per heavy atom. The van der Waals surface area contributed by atoms with Gasteiger partial charge in [0.05, 0.1) is 13.1 Å². The lowest BCUT2D eigenvalue weighted by Crippen LogP contribution is -2.47. The van der Waals surface area contributed by atoms with E-state index in [9.17, 15) is 22.4 Å². The fourth-order valence-corrected chi connectivity index (χ4v) is 3.12. The van der Waals surface area contributed by atoms with Crippen molar-refractivity contribution in [2.24, 2.45) is 0 Å². The molecule has 0 aliphatic carbocycles. The molecule has 1 aliphatic heterocycles. The van der Waals surface area contributed by atoms with Crippen molar-refractivity contribution in [2.45, 2.75) is 79.3 Å². The van der Waals surface area contributed by atoms with Crippen molar-refractivity contribution < 1.29 is 27.1 Å². The van der Waals surface area contributed by atoms with Crippen LogP contribution >= 0.6 is 0 Å². The number of alkyl halides is 4. The molecule has 1 fully saturated rings. The highest BCUT2D eigenvalue weighted by molar-refractivity contribution is 6.03. The van der Waals surface area contributed by atoms with Gasteiger partial charge in [-0.05, 0) is 56.2 Å². The van der Waals surface area contributed by atoms with Gasteiger partial charge in [-0.15, -0.1) is 13.2 Å². The number of nitrogens with zero attached hydrogens (tertiary/aromatic N) is 1. The molecule has 0 unspecified atom stereocenters. The van der Waals surface area contributed by atoms with E-state index in [2.05, 4.69) is 37.1 Å². The summed E-state index contributed by atoms with van der Waals surface area (Å²) in [5, 5.41) is 11.3. The molecule has 0 bridgehead atoms. The third-order valence-electron chi connectivity index (χ3n) is 5.32. The van der Waals surface area contributed by atoms with Crippen LogP contribution in [0.3, 0.4) is 0 Å². The van der Waals surface area contributed by atoms with Crippen LogP contribution in [0, 0.1) is 5.41 Å². The van der Waals surface area contributed by atoms with Crippen LogP contribution in [0.2, 0.25) is 0 Å². The van der Waals surface area contributed by atoms with E-state index in [1.54, 1.807) is 12.2 Å². The third kappa shape index (κ3) is 14.4. The molecule has 1 saturated heterocycles. The summed E-state index contributed by atoms with van der Waals surface area (Å²) in [6.45, 7) is 17.8. The largest absolute Gasteiger partial charge is 0.573 e. The van der Waals surface area contributed by atoms with Crippen LogP contribution in [0.4, 0.5) is 23.2 Å². The van der Waals surface area contributed by atoms with Crippen LogP contribution in [0.25, 0.3) is 0 Å². The van der Waals surface area contributed by atoms with Gasteiger partial charge >= 0.3 is 6.36 Å². The number of likely N-dealkylation sites (tertiary alicyclic amines) is 1. The fraction of sp³-hybridized carbons (Fsp3) is 0.467. The maximum absolute atomic E-state index is 13.3. The van der Waals surface area contributed by atoms with Crippen molar-refractivity contribution >= 4 is 17.2 Å². The van der Waals surface area contributed by atoms with Crippen molar-refractivity contribution in [3.8, 4) is 5.75 Å². The molecule has 1 heterocycles. The molecule has 1 aromatic rings. The smallest absolute Gasteiger partial charge is 0.406 e. The molecule has 39 heavy (non-hydrogen) atoms. The van der Waals surface area contributed by atoms with E-state index in [0.29, 0.717) is 41.2 Å². The number of carbonyl (C=O) groups is 1. The Morgan fingerprint density at radius 3 is 2.05 bits per heavy atom. The van der Waals surface area contributed by atoms with Crippen molar-refractivity contribution in [3.63, 3.8) is 0 Å². The van der Waals surface area contributed by atoms with Gasteiger partial charge in [-0.25, -0.2) is 4.39 Å². The van der Waals surface area contributed by atoms with E-state index in [1.165, 1.54) is 43.2 Å². The number of anilines is 1. The van der Waals surface area contributed by atoms with E-state index in [0.717, 1.165) is 6.42 Å². The summed E-state index contributed by atoms with van der Waals surface area (Å²) in [6, 6.07) is 5.23. The van der Waals surface area contributed by atoms with Gasteiger partial charge in [0.25, 0.3) is 0 Å². The number of nitrogens with one attached hydrogen (secondary N) is 2. The Morgan fingerprint density at radius 2 is 1.69 bits per heavy atom. The van der Waals surface area contributed by atoms with Crippen LogP contribution in [-0.4, -0.2) is 42.0 Å². The first-order valence-electron chi connectivity index (χ1n) is 13.2. The lowest BCUT2D eigenvalue weighted by molar-refractivity contribution is -0.274. The lowest BCUT2D eigenvalue weighted by atomic mass is 9.99. The number of ether oxygens (including phenoxy) is 1. The van der Waals surface area contributed by atoms with Gasteiger partial charge in [0.15, 0.2) is 5.78 Å². The average Bonchev–Trinajstić information content (AvgIpc) is 2.87. The van der Waals surface area contributed by atoms with Crippen LogP contribution < -0.4 is 10.1 Å². The topological polar surface area (TPSA) is 65.4 Å². The minimum Gasteiger partial charge on any atom is -0.406 e. The third-order valence-corrected chi connectivity index (χ3v) is 5.32. The second kappa shape index (κ2) is 18.8. The molecule has 9 heteroatoms. The van der Waals surface area contributed by atoms with Crippen LogP contribution in [0.1, 0.15) is 66.7 Å². The summed E-state index contributed by atoms with van der Waals surface area (Å²) in [5.41, 5.74) is 2.46. The highest BCUT2D eigenvalue weighted by atomic mass is 19.4. The number of halogens is 4. The molecule has 0 aromatic heterocycles. The van der Waals surface area contributed by atoms with Gasteiger partial charge in [-0.1, -0.05) is 59.8 Å². The first-order valence-corrected chi connectivity index (χ1v) is 13.2. The SMILES string of the molecule is C=C(Nc1ccc(OC(F)(F)F)cc1)/C(C(=N)CC)=C(\C=C/C)N1CC(F)C1.C=CC(=O)CCC.CCCC. The molecule has 0 atom stereocenters. The normalized spacial score (nSPS) is 13.6. The monoisotopic (exact) mass is 553 g/mol. The molecule has 0 radical (unpaired) electrons. The minimum atomic E-state index is -4.75. The number of allylic oxidation sites excluding steroid dienone is 4. The van der Waals surface area contributed by atoms with Crippen LogP contribution in [0.15, 0.2) is 72.6 Å². The first-order chi connectivity index (χ1) is 18.4. The summed E-state index contributed by atoms with van der Waals surface area (Å²) in [4.78, 5) is 12.1. The van der Waals surface area contributed by atoms with E-state index in [1.807, 2.05) is 25.7 Å². The van der Waals surface area contributed by atoms with Gasteiger partial charge in [0.1, 0.15) is 11.9 Å². The summed E-state index contributed by atoms with van der Waals surface area (Å²) < 4.78 is 54.0. The standard InChI is InChI=1S/C20H23F4N3O.C6H10O.C4H10/c1-4-6-18(27-11-14(21)12-27)19(17(25)5-2)13(3)26-15-7-9-16(10-8-15)28-20(22,23)24;1-3-5-6(7)4-2;1-3-4-2/h4,6-10,14,25-26H,3,5,11-12H2,1-2H3;4H,2-3,5H2,1H3;3-4H2,1-2H3/b6-4-,19-18-,25-17?;;. The van der Waals surface area contributed by atoms with E-state index in [-0.39, 0.29) is 24.6 Å². The molecule has 0 saturated carbocycles. The Kier molecular flexibility index (Phi) is 17.2. The predicted molar refractivity (Wildman–Crippen MR) is 153 cm³/mol. The summed E-state index contributed by atoms with van der Waals surface area (Å²) in [6.07, 6.45) is 3.97. The second-order valence-electron chi connectivity index (χ2n) is 8.69. The van der Waals surface area contributed by atoms with Crippen molar-refractivity contribution in [1.29, 1.82) is 5.41 Å². The van der Waals surface area contributed by atoms with Crippen LogP contribution in [-0.2, 0) is 4.79 Å². The minimum absolute atomic E-state index is 0.141. The molecule has 1 aliphatic rings. The quantitative estimate of drug-likeness (QED) is 0.118. The second-order valence-corrected chi connectivity index (χ2v) is 8.69. The molecule has 1 aromatic carbocycles. The molecule has 2 N–H and O–H groups in total. The highest BCUT2D eigenvalue weighted by Gasteiger charge is 2.31. The average molecular weight is 554 g/mol. The Balaban J connectivity index is 0.00000111. The summed E-state index contributed by atoms with van der Waals surface area (Å²) >= 11 is 0. The number of carbonyl (C=O) groups excluding carboxylic acids is 1. The predicted octanol–water partition coefficient (Wildman–Crippen LogP) is 8.77. The Hall–Kier alpha value is -3.36. The Bertz CT molecular complexity index is 975. The molecule has 218 valence electrons. The molecule has 0 amide bonds. The van der Waals surface area contributed by atoms with E-state index in [4.69, 9.17) is 5.41 Å². The van der Waals surface area contributed by atoms with Crippen molar-refractivity contribution in [2.75, 3.05) is 18.4 Å².